The van der Waals surface area contributed by atoms with Crippen molar-refractivity contribution in [1.82, 2.24) is 0 Å². The minimum Gasteiger partial charge on any atom is -0.459 e. The maximum absolute atomic E-state index is 6.19. The first-order valence-electron chi connectivity index (χ1n) is 6.47. The second-order valence-electron chi connectivity index (χ2n) is 4.85. The lowest BCUT2D eigenvalue weighted by molar-refractivity contribution is 0.516. The summed E-state index contributed by atoms with van der Waals surface area (Å²) in [6.45, 7) is 6.53. The lowest BCUT2D eigenvalue weighted by atomic mass is 10.2. The van der Waals surface area contributed by atoms with Crippen molar-refractivity contribution in [3.63, 3.8) is 0 Å². The molecule has 0 aliphatic heterocycles. The number of aryl methyl sites for hydroxylation is 1. The third-order valence-electron chi connectivity index (χ3n) is 3.19. The molecule has 18 heavy (non-hydrogen) atoms. The molecule has 2 N–H and O–H groups in total. The second kappa shape index (κ2) is 5.81. The average Bonchev–Trinajstić information content (AvgIpc) is 2.78. The molecule has 0 spiro atoms. The third-order valence-corrected chi connectivity index (χ3v) is 4.65. The van der Waals surface area contributed by atoms with Gasteiger partial charge in [-0.1, -0.05) is 25.5 Å². The monoisotopic (exact) mass is 263 g/mol. The molecular weight excluding hydrogens is 242 g/mol. The summed E-state index contributed by atoms with van der Waals surface area (Å²) in [7, 11) is 0. The van der Waals surface area contributed by atoms with Crippen LogP contribution in [0.5, 0.6) is 0 Å². The fraction of sp³-hybridized carbons (Fsp3) is 0.467. The topological polar surface area (TPSA) is 39.2 Å². The lowest BCUT2D eigenvalue weighted by Gasteiger charge is -2.11. The number of furan rings is 1. The third kappa shape index (κ3) is 3.09. The zero-order valence-corrected chi connectivity index (χ0v) is 12.1. The smallest absolute Gasteiger partial charge is 0.134 e. The molecule has 0 aliphatic rings. The van der Waals surface area contributed by atoms with Gasteiger partial charge in [0.25, 0.3) is 0 Å². The van der Waals surface area contributed by atoms with E-state index in [1.165, 1.54) is 12.0 Å². The Labute approximate surface area is 113 Å². The summed E-state index contributed by atoms with van der Waals surface area (Å²) in [5, 5.41) is 1.80. The van der Waals surface area contributed by atoms with Crippen molar-refractivity contribution in [2.75, 3.05) is 5.75 Å². The molecule has 1 aromatic heterocycles. The molecule has 1 aromatic carbocycles. The number of rotatable bonds is 5. The average molecular weight is 263 g/mol. The van der Waals surface area contributed by atoms with Gasteiger partial charge in [-0.15, -0.1) is 0 Å². The summed E-state index contributed by atoms with van der Waals surface area (Å²) in [6.07, 6.45) is 1.18. The van der Waals surface area contributed by atoms with Crippen molar-refractivity contribution in [2.45, 2.75) is 38.5 Å². The first kappa shape index (κ1) is 13.5. The van der Waals surface area contributed by atoms with Gasteiger partial charge in [0.05, 0.1) is 6.04 Å². The molecule has 2 rings (SSSR count). The van der Waals surface area contributed by atoms with Gasteiger partial charge in [0.1, 0.15) is 11.3 Å². The first-order chi connectivity index (χ1) is 8.60. The Balaban J connectivity index is 2.10. The fourth-order valence-electron chi connectivity index (χ4n) is 1.83. The van der Waals surface area contributed by atoms with Crippen LogP contribution in [0.3, 0.4) is 0 Å². The van der Waals surface area contributed by atoms with Crippen LogP contribution in [0.2, 0.25) is 0 Å². The van der Waals surface area contributed by atoms with E-state index in [4.69, 9.17) is 10.2 Å². The Hall–Kier alpha value is -0.930. The Morgan fingerprint density at radius 2 is 2.11 bits per heavy atom. The predicted octanol–water partition coefficient (Wildman–Crippen LogP) is 4.27. The molecule has 3 heteroatoms. The van der Waals surface area contributed by atoms with Crippen LogP contribution < -0.4 is 5.73 Å². The van der Waals surface area contributed by atoms with Crippen molar-refractivity contribution < 1.29 is 4.42 Å². The molecule has 0 bridgehead atoms. The van der Waals surface area contributed by atoms with Gasteiger partial charge in [-0.05, 0) is 31.5 Å². The maximum atomic E-state index is 6.19. The van der Waals surface area contributed by atoms with Crippen molar-refractivity contribution in [2.24, 2.45) is 5.73 Å². The van der Waals surface area contributed by atoms with Crippen LogP contribution in [0.4, 0.5) is 0 Å². The van der Waals surface area contributed by atoms with Crippen LogP contribution in [0.25, 0.3) is 11.0 Å². The molecule has 2 nitrogen and oxygen atoms in total. The highest BCUT2D eigenvalue weighted by molar-refractivity contribution is 7.99. The standard InChI is InChI=1S/C15H21NOS/c1-4-11(3)18-9-13(16)15-8-12-7-10(2)5-6-14(12)17-15/h5-8,11,13H,4,9,16H2,1-3H3. The number of benzene rings is 1. The molecule has 0 fully saturated rings. The first-order valence-corrected chi connectivity index (χ1v) is 7.52. The van der Waals surface area contributed by atoms with Gasteiger partial charge in [-0.25, -0.2) is 0 Å². The maximum Gasteiger partial charge on any atom is 0.134 e. The molecule has 0 amide bonds. The molecule has 1 heterocycles. The molecule has 0 saturated carbocycles. The van der Waals surface area contributed by atoms with E-state index in [1.807, 2.05) is 17.8 Å². The fourth-order valence-corrected chi connectivity index (χ4v) is 2.77. The zero-order chi connectivity index (χ0) is 13.1. The molecule has 0 saturated heterocycles. The highest BCUT2D eigenvalue weighted by Gasteiger charge is 2.13. The normalized spacial score (nSPS) is 14.9. The molecule has 2 atom stereocenters. The van der Waals surface area contributed by atoms with Gasteiger partial charge < -0.3 is 10.2 Å². The largest absolute Gasteiger partial charge is 0.459 e. The Bertz CT molecular complexity index is 520. The Morgan fingerprint density at radius 1 is 1.33 bits per heavy atom. The van der Waals surface area contributed by atoms with E-state index in [-0.39, 0.29) is 6.04 Å². The van der Waals surface area contributed by atoms with Crippen LogP contribution in [0.1, 0.15) is 37.6 Å². The minimum atomic E-state index is -0.0169. The summed E-state index contributed by atoms with van der Waals surface area (Å²) in [5.74, 6) is 1.81. The minimum absolute atomic E-state index is 0.0169. The molecule has 98 valence electrons. The summed E-state index contributed by atoms with van der Waals surface area (Å²) in [5.41, 5.74) is 8.36. The summed E-state index contributed by atoms with van der Waals surface area (Å²) >= 11 is 1.91. The van der Waals surface area contributed by atoms with Gasteiger partial charge in [-0.3, -0.25) is 0 Å². The van der Waals surface area contributed by atoms with E-state index in [0.29, 0.717) is 5.25 Å². The summed E-state index contributed by atoms with van der Waals surface area (Å²) in [6, 6.07) is 8.27. The van der Waals surface area contributed by atoms with Gasteiger partial charge in [-0.2, -0.15) is 11.8 Å². The van der Waals surface area contributed by atoms with E-state index in [1.54, 1.807) is 0 Å². The van der Waals surface area contributed by atoms with E-state index < -0.39 is 0 Å². The molecular formula is C15H21NOS. The quantitative estimate of drug-likeness (QED) is 0.875. The van der Waals surface area contributed by atoms with Gasteiger partial charge in [0, 0.05) is 16.4 Å². The molecule has 2 unspecified atom stereocenters. The SMILES string of the molecule is CCC(C)SCC(N)c1cc2cc(C)ccc2o1. The van der Waals surface area contributed by atoms with E-state index in [2.05, 4.69) is 39.0 Å². The molecule has 0 radical (unpaired) electrons. The van der Waals surface area contributed by atoms with Crippen LogP contribution >= 0.6 is 11.8 Å². The molecule has 2 aromatic rings. The van der Waals surface area contributed by atoms with Gasteiger partial charge in [0.2, 0.25) is 0 Å². The number of hydrogen-bond acceptors (Lipinski definition) is 3. The van der Waals surface area contributed by atoms with E-state index in [0.717, 1.165) is 22.5 Å². The van der Waals surface area contributed by atoms with Crippen molar-refractivity contribution in [1.29, 1.82) is 0 Å². The van der Waals surface area contributed by atoms with Crippen LogP contribution in [0, 0.1) is 6.92 Å². The van der Waals surface area contributed by atoms with E-state index in [9.17, 15) is 0 Å². The van der Waals surface area contributed by atoms with Crippen molar-refractivity contribution in [3.05, 3.63) is 35.6 Å². The number of hydrogen-bond donors (Lipinski definition) is 1. The lowest BCUT2D eigenvalue weighted by Crippen LogP contribution is -2.13. The van der Waals surface area contributed by atoms with Crippen LogP contribution in [-0.4, -0.2) is 11.0 Å². The van der Waals surface area contributed by atoms with E-state index >= 15 is 0 Å². The highest BCUT2D eigenvalue weighted by atomic mass is 32.2. The zero-order valence-electron chi connectivity index (χ0n) is 11.3. The number of nitrogens with two attached hydrogens (primary N) is 1. The predicted molar refractivity (Wildman–Crippen MR) is 80.1 cm³/mol. The summed E-state index contributed by atoms with van der Waals surface area (Å²) in [4.78, 5) is 0. The second-order valence-corrected chi connectivity index (χ2v) is 6.32. The number of fused-ring (bicyclic) bond motifs is 1. The van der Waals surface area contributed by atoms with Crippen LogP contribution in [-0.2, 0) is 0 Å². The van der Waals surface area contributed by atoms with Gasteiger partial charge in [0.15, 0.2) is 0 Å². The highest BCUT2D eigenvalue weighted by Crippen LogP contribution is 2.27. The summed E-state index contributed by atoms with van der Waals surface area (Å²) < 4.78 is 5.81. The van der Waals surface area contributed by atoms with Crippen molar-refractivity contribution >= 4 is 22.7 Å². The number of thioether (sulfide) groups is 1. The van der Waals surface area contributed by atoms with Gasteiger partial charge >= 0.3 is 0 Å². The molecule has 0 aliphatic carbocycles. The van der Waals surface area contributed by atoms with Crippen LogP contribution in [0.15, 0.2) is 28.7 Å². The Kier molecular flexibility index (Phi) is 4.36. The Morgan fingerprint density at radius 3 is 2.83 bits per heavy atom. The van der Waals surface area contributed by atoms with Crippen molar-refractivity contribution in [3.8, 4) is 0 Å².